The number of nitrogens with zero attached hydrogens (tertiary/aromatic N) is 1. The van der Waals surface area contributed by atoms with E-state index in [1.54, 1.807) is 0 Å². The Morgan fingerprint density at radius 1 is 1.26 bits per heavy atom. The minimum Gasteiger partial charge on any atom is -0.338 e. The van der Waals surface area contributed by atoms with E-state index in [0.717, 1.165) is 19.3 Å². The van der Waals surface area contributed by atoms with Gasteiger partial charge in [0, 0.05) is 18.5 Å². The maximum atomic E-state index is 12.7. The Hall–Kier alpha value is -1.02. The van der Waals surface area contributed by atoms with Crippen LogP contribution in [0.3, 0.4) is 0 Å². The summed E-state index contributed by atoms with van der Waals surface area (Å²) >= 11 is 5.89. The first kappa shape index (κ1) is 13.0. The molecule has 1 amide bonds. The lowest BCUT2D eigenvalue weighted by Gasteiger charge is -2.36. The third kappa shape index (κ3) is 2.38. The Bertz CT molecular complexity index is 468. The number of hydrogen-bond donors (Lipinski definition) is 0. The molecule has 2 nitrogen and oxygen atoms in total. The largest absolute Gasteiger partial charge is 0.338 e. The lowest BCUT2D eigenvalue weighted by Crippen LogP contribution is -2.45. The molecule has 1 aromatic carbocycles. The van der Waals surface area contributed by atoms with Gasteiger partial charge in [0.25, 0.3) is 0 Å². The molecule has 3 rings (SSSR count). The van der Waals surface area contributed by atoms with Gasteiger partial charge in [0.15, 0.2) is 0 Å². The molecule has 0 aliphatic heterocycles. The Kier molecular flexibility index (Phi) is 3.79. The topological polar surface area (TPSA) is 20.3 Å². The summed E-state index contributed by atoms with van der Waals surface area (Å²) in [6.45, 7) is 0.698. The van der Waals surface area contributed by atoms with E-state index in [2.05, 4.69) is 17.0 Å². The zero-order valence-corrected chi connectivity index (χ0v) is 11.9. The number of alkyl halides is 1. The first-order chi connectivity index (χ1) is 9.31. The average Bonchev–Trinajstić information content (AvgIpc) is 2.91. The molecule has 0 spiro atoms. The van der Waals surface area contributed by atoms with E-state index in [1.807, 2.05) is 12.1 Å². The molecule has 1 fully saturated rings. The van der Waals surface area contributed by atoms with Gasteiger partial charge >= 0.3 is 0 Å². The fraction of sp³-hybridized carbons (Fsp3) is 0.562. The monoisotopic (exact) mass is 277 g/mol. The number of carbonyl (C=O) groups excluding carboxylic acids is 1. The number of rotatable bonds is 4. The van der Waals surface area contributed by atoms with Crippen LogP contribution in [0.1, 0.15) is 42.7 Å². The second-order valence-electron chi connectivity index (χ2n) is 5.61. The Balaban J connectivity index is 1.75. The fourth-order valence-electron chi connectivity index (χ4n) is 3.46. The van der Waals surface area contributed by atoms with Crippen LogP contribution < -0.4 is 0 Å². The third-order valence-electron chi connectivity index (χ3n) is 4.53. The summed E-state index contributed by atoms with van der Waals surface area (Å²) in [6, 6.07) is 8.72. The van der Waals surface area contributed by atoms with Crippen LogP contribution in [0.15, 0.2) is 24.3 Å². The zero-order valence-electron chi connectivity index (χ0n) is 11.1. The molecule has 19 heavy (non-hydrogen) atoms. The molecule has 0 bridgehead atoms. The SMILES string of the molecule is O=C(C1Cc2ccccc21)N(CCCl)C1CCCC1. The van der Waals surface area contributed by atoms with Crippen molar-refractivity contribution in [1.29, 1.82) is 0 Å². The number of hydrogen-bond acceptors (Lipinski definition) is 1. The van der Waals surface area contributed by atoms with Crippen molar-refractivity contribution in [2.24, 2.45) is 0 Å². The fourth-order valence-corrected chi connectivity index (χ4v) is 3.64. The molecule has 1 unspecified atom stereocenters. The normalized spacial score (nSPS) is 21.8. The van der Waals surface area contributed by atoms with Crippen molar-refractivity contribution in [1.82, 2.24) is 4.90 Å². The van der Waals surface area contributed by atoms with Gasteiger partial charge < -0.3 is 4.90 Å². The smallest absolute Gasteiger partial charge is 0.230 e. The van der Waals surface area contributed by atoms with Gasteiger partial charge in [0.1, 0.15) is 0 Å². The summed E-state index contributed by atoms with van der Waals surface area (Å²) in [4.78, 5) is 14.8. The predicted molar refractivity (Wildman–Crippen MR) is 77.6 cm³/mol. The Labute approximate surface area is 119 Å². The number of benzene rings is 1. The molecule has 1 atom stereocenters. The molecule has 1 aromatic rings. The lowest BCUT2D eigenvalue weighted by atomic mass is 9.76. The van der Waals surface area contributed by atoms with Gasteiger partial charge in [0.2, 0.25) is 5.91 Å². The average molecular weight is 278 g/mol. The van der Waals surface area contributed by atoms with Crippen LogP contribution in [0.25, 0.3) is 0 Å². The minimum absolute atomic E-state index is 0.0833. The first-order valence-corrected chi connectivity index (χ1v) is 7.79. The van der Waals surface area contributed by atoms with E-state index >= 15 is 0 Å². The standard InChI is InChI=1S/C16H20ClNO/c17-9-10-18(13-6-2-3-7-13)16(19)15-11-12-5-1-4-8-14(12)15/h1,4-5,8,13,15H,2-3,6-7,9-11H2. The maximum Gasteiger partial charge on any atom is 0.230 e. The molecule has 0 radical (unpaired) electrons. The highest BCUT2D eigenvalue weighted by Crippen LogP contribution is 2.37. The van der Waals surface area contributed by atoms with Gasteiger partial charge in [-0.25, -0.2) is 0 Å². The molecule has 3 heteroatoms. The second kappa shape index (κ2) is 5.54. The van der Waals surface area contributed by atoms with Crippen molar-refractivity contribution in [3.63, 3.8) is 0 Å². The molecule has 2 aliphatic rings. The van der Waals surface area contributed by atoms with Crippen molar-refractivity contribution in [2.75, 3.05) is 12.4 Å². The molecule has 2 aliphatic carbocycles. The third-order valence-corrected chi connectivity index (χ3v) is 4.70. The number of fused-ring (bicyclic) bond motifs is 1. The molecular formula is C16H20ClNO. The van der Waals surface area contributed by atoms with E-state index in [1.165, 1.54) is 24.0 Å². The second-order valence-corrected chi connectivity index (χ2v) is 5.99. The van der Waals surface area contributed by atoms with E-state index < -0.39 is 0 Å². The quantitative estimate of drug-likeness (QED) is 0.773. The molecular weight excluding hydrogens is 258 g/mol. The van der Waals surface area contributed by atoms with Gasteiger partial charge in [-0.05, 0) is 30.4 Å². The minimum atomic E-state index is 0.0833. The molecule has 0 heterocycles. The highest BCUT2D eigenvalue weighted by molar-refractivity contribution is 6.18. The summed E-state index contributed by atoms with van der Waals surface area (Å²) < 4.78 is 0. The molecule has 102 valence electrons. The molecule has 0 aromatic heterocycles. The zero-order chi connectivity index (χ0) is 13.2. The van der Waals surface area contributed by atoms with E-state index in [0.29, 0.717) is 24.4 Å². The van der Waals surface area contributed by atoms with E-state index in [9.17, 15) is 4.79 Å². The maximum absolute atomic E-state index is 12.7. The van der Waals surface area contributed by atoms with Crippen molar-refractivity contribution >= 4 is 17.5 Å². The highest BCUT2D eigenvalue weighted by Gasteiger charge is 2.37. The summed E-state index contributed by atoms with van der Waals surface area (Å²) in [5.41, 5.74) is 2.56. The van der Waals surface area contributed by atoms with Crippen LogP contribution in [0.2, 0.25) is 0 Å². The number of amides is 1. The Morgan fingerprint density at radius 2 is 2.00 bits per heavy atom. The van der Waals surface area contributed by atoms with Crippen LogP contribution in [0.5, 0.6) is 0 Å². The summed E-state index contributed by atoms with van der Waals surface area (Å²) in [5, 5.41) is 0. The van der Waals surface area contributed by atoms with E-state index in [-0.39, 0.29) is 5.92 Å². The van der Waals surface area contributed by atoms with Gasteiger partial charge in [-0.1, -0.05) is 37.1 Å². The van der Waals surface area contributed by atoms with Crippen LogP contribution >= 0.6 is 11.6 Å². The van der Waals surface area contributed by atoms with E-state index in [4.69, 9.17) is 11.6 Å². The highest BCUT2D eigenvalue weighted by atomic mass is 35.5. The number of halogens is 1. The van der Waals surface area contributed by atoms with Crippen molar-refractivity contribution in [2.45, 2.75) is 44.1 Å². The van der Waals surface area contributed by atoms with Gasteiger partial charge in [0.05, 0.1) is 5.92 Å². The van der Waals surface area contributed by atoms with Crippen LogP contribution in [0.4, 0.5) is 0 Å². The van der Waals surface area contributed by atoms with Crippen molar-refractivity contribution in [3.05, 3.63) is 35.4 Å². The number of carbonyl (C=O) groups is 1. The summed E-state index contributed by atoms with van der Waals surface area (Å²) in [6.07, 6.45) is 5.70. The van der Waals surface area contributed by atoms with Crippen LogP contribution in [-0.4, -0.2) is 29.3 Å². The predicted octanol–water partition coefficient (Wildman–Crippen LogP) is 3.34. The van der Waals surface area contributed by atoms with Crippen LogP contribution in [0, 0.1) is 0 Å². The van der Waals surface area contributed by atoms with Gasteiger partial charge in [-0.15, -0.1) is 11.6 Å². The van der Waals surface area contributed by atoms with Gasteiger partial charge in [-0.3, -0.25) is 4.79 Å². The Morgan fingerprint density at radius 3 is 2.68 bits per heavy atom. The molecule has 1 saturated carbocycles. The van der Waals surface area contributed by atoms with Crippen molar-refractivity contribution in [3.8, 4) is 0 Å². The van der Waals surface area contributed by atoms with Crippen molar-refractivity contribution < 1.29 is 4.79 Å². The lowest BCUT2D eigenvalue weighted by molar-refractivity contribution is -0.135. The summed E-state index contributed by atoms with van der Waals surface area (Å²) in [7, 11) is 0. The van der Waals surface area contributed by atoms with Gasteiger partial charge in [-0.2, -0.15) is 0 Å². The first-order valence-electron chi connectivity index (χ1n) is 7.25. The van der Waals surface area contributed by atoms with Crippen LogP contribution in [-0.2, 0) is 11.2 Å². The molecule has 0 N–H and O–H groups in total. The molecule has 0 saturated heterocycles. The summed E-state index contributed by atoms with van der Waals surface area (Å²) in [5.74, 6) is 0.919.